The molecule has 0 fully saturated rings. The van der Waals surface area contributed by atoms with E-state index in [1.54, 1.807) is 5.57 Å². The van der Waals surface area contributed by atoms with E-state index in [4.69, 9.17) is 9.47 Å². The zero-order valence-electron chi connectivity index (χ0n) is 26.4. The number of unbranched alkanes of at least 4 members (excludes halogenated alkanes) is 10. The molecule has 0 saturated heterocycles. The Morgan fingerprint density at radius 2 is 1.34 bits per heavy atom. The Bertz CT molecular complexity index is 744. The Balaban J connectivity index is 2.63. The van der Waals surface area contributed by atoms with Gasteiger partial charge >= 0.3 is 0 Å². The molecule has 0 N–H and O–H groups in total. The highest BCUT2D eigenvalue weighted by Crippen LogP contribution is 2.40. The van der Waals surface area contributed by atoms with Crippen molar-refractivity contribution in [2.24, 2.45) is 5.41 Å². The zero-order valence-corrected chi connectivity index (χ0v) is 26.4. The van der Waals surface area contributed by atoms with Gasteiger partial charge in [-0.3, -0.25) is 0 Å². The van der Waals surface area contributed by atoms with E-state index in [1.165, 1.54) is 100 Å². The van der Waals surface area contributed by atoms with Crippen LogP contribution in [-0.2, 0) is 9.47 Å². The Kier molecular flexibility index (Phi) is 19.6. The van der Waals surface area contributed by atoms with E-state index in [0.717, 1.165) is 26.1 Å². The number of ether oxygens (including phenoxy) is 2. The number of rotatable bonds is 21. The molecule has 38 heavy (non-hydrogen) atoms. The second-order valence-electron chi connectivity index (χ2n) is 12.1. The van der Waals surface area contributed by atoms with Crippen molar-refractivity contribution < 1.29 is 9.47 Å². The molecule has 0 bridgehead atoms. The third-order valence-electron chi connectivity index (χ3n) is 7.73. The van der Waals surface area contributed by atoms with Crippen LogP contribution in [-0.4, -0.2) is 19.5 Å². The fourth-order valence-electron chi connectivity index (χ4n) is 5.21. The summed E-state index contributed by atoms with van der Waals surface area (Å²) in [5.74, 6) is 0. The Labute approximate surface area is 237 Å². The first-order valence-corrected chi connectivity index (χ1v) is 15.9. The topological polar surface area (TPSA) is 18.5 Å². The first-order chi connectivity index (χ1) is 18.3. The summed E-state index contributed by atoms with van der Waals surface area (Å²) in [6.07, 6.45) is 32.2. The number of hydrogen-bond acceptors (Lipinski definition) is 2. The summed E-state index contributed by atoms with van der Waals surface area (Å²) in [5.41, 5.74) is 5.80. The van der Waals surface area contributed by atoms with Crippen LogP contribution in [0.3, 0.4) is 0 Å². The second kappa shape index (κ2) is 21.4. The molecule has 1 rings (SSSR count). The van der Waals surface area contributed by atoms with Gasteiger partial charge in [-0.2, -0.15) is 0 Å². The molecule has 0 saturated carbocycles. The van der Waals surface area contributed by atoms with Gasteiger partial charge in [-0.1, -0.05) is 139 Å². The van der Waals surface area contributed by atoms with Crippen LogP contribution >= 0.6 is 0 Å². The van der Waals surface area contributed by atoms with Crippen LogP contribution in [0.25, 0.3) is 0 Å². The lowest BCUT2D eigenvalue weighted by molar-refractivity contribution is -0.113. The summed E-state index contributed by atoms with van der Waals surface area (Å²) in [6, 6.07) is 0. The first kappa shape index (κ1) is 34.6. The van der Waals surface area contributed by atoms with Crippen LogP contribution in [0, 0.1) is 5.41 Å². The van der Waals surface area contributed by atoms with Gasteiger partial charge in [0.05, 0.1) is 13.2 Å². The average molecular weight is 527 g/mol. The molecular weight excluding hydrogens is 464 g/mol. The van der Waals surface area contributed by atoms with Crippen LogP contribution in [0.2, 0.25) is 0 Å². The van der Waals surface area contributed by atoms with E-state index >= 15 is 0 Å². The molecule has 218 valence electrons. The molecule has 0 aromatic carbocycles. The van der Waals surface area contributed by atoms with Gasteiger partial charge in [0.2, 0.25) is 0 Å². The Morgan fingerprint density at radius 3 is 1.89 bits per heavy atom. The standard InChI is InChI=1S/C36H62O2/c1-8-10-12-14-16-18-28-37-35(38-29-19-17-15-13-11-9-2)30-32(4)23-20-22-31(3)25-26-34-33(5)24-21-27-36(34,6)7/h20,22-23,25-26,30,35H,8-19,21,24,27-29H2,1-7H3. The van der Waals surface area contributed by atoms with Crippen LogP contribution in [0.15, 0.2) is 58.7 Å². The van der Waals surface area contributed by atoms with E-state index in [9.17, 15) is 0 Å². The van der Waals surface area contributed by atoms with E-state index < -0.39 is 0 Å². The van der Waals surface area contributed by atoms with Gasteiger partial charge in [0, 0.05) is 0 Å². The molecule has 0 radical (unpaired) electrons. The van der Waals surface area contributed by atoms with Gasteiger partial charge < -0.3 is 9.47 Å². The van der Waals surface area contributed by atoms with E-state index in [2.05, 4.69) is 84.9 Å². The van der Waals surface area contributed by atoms with Crippen molar-refractivity contribution in [2.75, 3.05) is 13.2 Å². The van der Waals surface area contributed by atoms with Gasteiger partial charge in [-0.25, -0.2) is 0 Å². The minimum Gasteiger partial charge on any atom is -0.349 e. The van der Waals surface area contributed by atoms with Crippen molar-refractivity contribution in [1.82, 2.24) is 0 Å². The van der Waals surface area contributed by atoms with Gasteiger partial charge in [0.1, 0.15) is 0 Å². The predicted octanol–water partition coefficient (Wildman–Crippen LogP) is 11.6. The highest BCUT2D eigenvalue weighted by Gasteiger charge is 2.26. The molecule has 0 aliphatic heterocycles. The lowest BCUT2D eigenvalue weighted by Gasteiger charge is -2.32. The van der Waals surface area contributed by atoms with Gasteiger partial charge in [0.25, 0.3) is 0 Å². The van der Waals surface area contributed by atoms with Crippen molar-refractivity contribution in [2.45, 2.75) is 151 Å². The zero-order chi connectivity index (χ0) is 28.1. The monoisotopic (exact) mass is 526 g/mol. The van der Waals surface area contributed by atoms with Gasteiger partial charge in [-0.05, 0) is 69.9 Å². The average Bonchev–Trinajstić information content (AvgIpc) is 2.86. The molecule has 2 nitrogen and oxygen atoms in total. The smallest absolute Gasteiger partial charge is 0.177 e. The quantitative estimate of drug-likeness (QED) is 0.0841. The lowest BCUT2D eigenvalue weighted by atomic mass is 9.72. The molecule has 2 heteroatoms. The van der Waals surface area contributed by atoms with Crippen LogP contribution in [0.5, 0.6) is 0 Å². The maximum absolute atomic E-state index is 6.16. The van der Waals surface area contributed by atoms with E-state index in [0.29, 0.717) is 0 Å². The van der Waals surface area contributed by atoms with Crippen molar-refractivity contribution in [3.05, 3.63) is 58.7 Å². The molecule has 1 aliphatic carbocycles. The number of hydrogen-bond donors (Lipinski definition) is 0. The molecule has 0 heterocycles. The fourth-order valence-corrected chi connectivity index (χ4v) is 5.21. The van der Waals surface area contributed by atoms with Crippen LogP contribution < -0.4 is 0 Å². The number of allylic oxidation sites excluding steroid dienone is 9. The summed E-state index contributed by atoms with van der Waals surface area (Å²) < 4.78 is 12.3. The molecular formula is C36H62O2. The minimum absolute atomic E-state index is 0.251. The molecule has 1 aliphatic rings. The van der Waals surface area contributed by atoms with Crippen molar-refractivity contribution in [3.63, 3.8) is 0 Å². The minimum atomic E-state index is -0.251. The fraction of sp³-hybridized carbons (Fsp3) is 0.722. The first-order valence-electron chi connectivity index (χ1n) is 15.9. The molecule has 0 atom stereocenters. The second-order valence-corrected chi connectivity index (χ2v) is 12.1. The molecule has 0 unspecified atom stereocenters. The maximum atomic E-state index is 6.16. The maximum Gasteiger partial charge on any atom is 0.177 e. The highest BCUT2D eigenvalue weighted by atomic mass is 16.7. The summed E-state index contributed by atoms with van der Waals surface area (Å²) in [5, 5.41) is 0. The molecule has 0 spiro atoms. The SMILES string of the molecule is CCCCCCCCOC(C=C(C)C=CC=C(C)C=CC1=C(C)CCCC1(C)C)OCCCCCCCC. The van der Waals surface area contributed by atoms with Crippen molar-refractivity contribution in [3.8, 4) is 0 Å². The summed E-state index contributed by atoms with van der Waals surface area (Å²) in [6.45, 7) is 17.5. The molecule has 0 aromatic rings. The Hall–Kier alpha value is -1.38. The van der Waals surface area contributed by atoms with E-state index in [1.807, 2.05) is 0 Å². The normalized spacial score (nSPS) is 17.1. The lowest BCUT2D eigenvalue weighted by Crippen LogP contribution is -2.19. The third-order valence-corrected chi connectivity index (χ3v) is 7.73. The largest absolute Gasteiger partial charge is 0.349 e. The van der Waals surface area contributed by atoms with Crippen LogP contribution in [0.1, 0.15) is 145 Å². The van der Waals surface area contributed by atoms with Crippen molar-refractivity contribution >= 4 is 0 Å². The Morgan fingerprint density at radius 1 is 0.789 bits per heavy atom. The molecule has 0 aromatic heterocycles. The third kappa shape index (κ3) is 16.6. The highest BCUT2D eigenvalue weighted by molar-refractivity contribution is 5.37. The van der Waals surface area contributed by atoms with Crippen LogP contribution in [0.4, 0.5) is 0 Å². The van der Waals surface area contributed by atoms with Crippen molar-refractivity contribution in [1.29, 1.82) is 0 Å². The van der Waals surface area contributed by atoms with E-state index in [-0.39, 0.29) is 11.7 Å². The summed E-state index contributed by atoms with van der Waals surface area (Å²) in [7, 11) is 0. The molecule has 0 amide bonds. The predicted molar refractivity (Wildman–Crippen MR) is 169 cm³/mol. The van der Waals surface area contributed by atoms with Gasteiger partial charge in [0.15, 0.2) is 6.29 Å². The summed E-state index contributed by atoms with van der Waals surface area (Å²) >= 11 is 0. The summed E-state index contributed by atoms with van der Waals surface area (Å²) in [4.78, 5) is 0. The van der Waals surface area contributed by atoms with Gasteiger partial charge in [-0.15, -0.1) is 0 Å².